The van der Waals surface area contributed by atoms with Crippen molar-refractivity contribution < 1.29 is 18.3 Å². The van der Waals surface area contributed by atoms with E-state index in [1.807, 2.05) is 0 Å². The van der Waals surface area contributed by atoms with E-state index in [0.717, 1.165) is 12.3 Å². The van der Waals surface area contributed by atoms with Crippen LogP contribution >= 0.6 is 0 Å². The van der Waals surface area contributed by atoms with Gasteiger partial charge in [-0.05, 0) is 37.0 Å². The van der Waals surface area contributed by atoms with Gasteiger partial charge in [0.2, 0.25) is 0 Å². The summed E-state index contributed by atoms with van der Waals surface area (Å²) in [5, 5.41) is 8.48. The summed E-state index contributed by atoms with van der Waals surface area (Å²) in [7, 11) is -3.16. The van der Waals surface area contributed by atoms with Crippen LogP contribution in [0, 0.1) is 17.8 Å². The molecule has 92 valence electrons. The highest BCUT2D eigenvalue weighted by Gasteiger charge is 2.41. The molecule has 16 heavy (non-hydrogen) atoms. The second kappa shape index (κ2) is 4.35. The predicted octanol–water partition coefficient (Wildman–Crippen LogP) is 1.31. The maximum Gasteiger partial charge on any atom is 0.304 e. The van der Waals surface area contributed by atoms with E-state index < -0.39 is 15.8 Å². The first kappa shape index (κ1) is 11.9. The Morgan fingerprint density at radius 3 is 2.50 bits per heavy atom. The first-order valence-electron chi connectivity index (χ1n) is 5.88. The van der Waals surface area contributed by atoms with Crippen LogP contribution in [0.5, 0.6) is 0 Å². The third kappa shape index (κ3) is 2.75. The van der Waals surface area contributed by atoms with Crippen LogP contribution in [0.2, 0.25) is 0 Å². The molecule has 0 radical (unpaired) electrons. The fourth-order valence-electron chi connectivity index (χ4n) is 3.23. The van der Waals surface area contributed by atoms with Crippen molar-refractivity contribution in [1.29, 1.82) is 0 Å². The Hall–Kier alpha value is -0.580. The van der Waals surface area contributed by atoms with Crippen LogP contribution in [0.1, 0.15) is 32.1 Å². The molecule has 0 heterocycles. The number of carboxylic acids is 1. The van der Waals surface area contributed by atoms with Crippen molar-refractivity contribution in [2.45, 2.75) is 32.1 Å². The fraction of sp³-hybridized carbons (Fsp3) is 0.909. The number of rotatable bonds is 5. The Balaban J connectivity index is 1.86. The number of sulfone groups is 1. The van der Waals surface area contributed by atoms with E-state index in [2.05, 4.69) is 0 Å². The highest BCUT2D eigenvalue weighted by molar-refractivity contribution is 7.91. The van der Waals surface area contributed by atoms with E-state index in [1.54, 1.807) is 0 Å². The summed E-state index contributed by atoms with van der Waals surface area (Å²) in [6, 6.07) is 0. The molecule has 0 saturated heterocycles. The Kier molecular flexibility index (Phi) is 3.24. The van der Waals surface area contributed by atoms with Crippen molar-refractivity contribution in [2.75, 3.05) is 11.5 Å². The molecule has 0 aliphatic heterocycles. The predicted molar refractivity (Wildman–Crippen MR) is 59.8 cm³/mol. The maximum atomic E-state index is 11.7. The van der Waals surface area contributed by atoms with Crippen molar-refractivity contribution in [3.05, 3.63) is 0 Å². The number of carbonyl (C=O) groups is 1. The summed E-state index contributed by atoms with van der Waals surface area (Å²) in [6.45, 7) is 0. The lowest BCUT2D eigenvalue weighted by Crippen LogP contribution is -2.24. The van der Waals surface area contributed by atoms with Crippen molar-refractivity contribution in [3.63, 3.8) is 0 Å². The summed E-state index contributed by atoms with van der Waals surface area (Å²) in [4.78, 5) is 10.3. The van der Waals surface area contributed by atoms with Crippen LogP contribution in [0.25, 0.3) is 0 Å². The molecular weight excluding hydrogens is 228 g/mol. The minimum absolute atomic E-state index is 0.198. The molecule has 0 spiro atoms. The van der Waals surface area contributed by atoms with Gasteiger partial charge in [-0.1, -0.05) is 6.42 Å². The second-order valence-electron chi connectivity index (χ2n) is 5.19. The van der Waals surface area contributed by atoms with Gasteiger partial charge < -0.3 is 5.11 Å². The minimum Gasteiger partial charge on any atom is -0.481 e. The lowest BCUT2D eigenvalue weighted by atomic mass is 9.90. The molecule has 2 aliphatic carbocycles. The van der Waals surface area contributed by atoms with Crippen LogP contribution in [-0.4, -0.2) is 31.0 Å². The number of fused-ring (bicyclic) bond motifs is 2. The van der Waals surface area contributed by atoms with Gasteiger partial charge in [0.15, 0.2) is 9.84 Å². The molecule has 2 fully saturated rings. The molecule has 2 rings (SSSR count). The molecule has 0 aromatic heterocycles. The monoisotopic (exact) mass is 246 g/mol. The van der Waals surface area contributed by atoms with Gasteiger partial charge in [-0.25, -0.2) is 8.42 Å². The first-order chi connectivity index (χ1) is 7.46. The summed E-state index contributed by atoms with van der Waals surface area (Å²) in [5.74, 6) is 0.612. The SMILES string of the molecule is O=C(O)CCS(=O)(=O)CC1CC2CCC1C2. The van der Waals surface area contributed by atoms with Crippen molar-refractivity contribution in [2.24, 2.45) is 17.8 Å². The third-order valence-electron chi connectivity index (χ3n) is 3.98. The molecule has 0 aromatic carbocycles. The summed E-state index contributed by atoms with van der Waals surface area (Å²) < 4.78 is 23.4. The topological polar surface area (TPSA) is 71.4 Å². The molecular formula is C11H18O4S. The van der Waals surface area contributed by atoms with E-state index in [4.69, 9.17) is 5.11 Å². The van der Waals surface area contributed by atoms with Crippen LogP contribution in [0.3, 0.4) is 0 Å². The number of aliphatic carboxylic acids is 1. The summed E-state index contributed by atoms with van der Waals surface area (Å²) in [6.07, 6.45) is 4.40. The van der Waals surface area contributed by atoms with Gasteiger partial charge in [-0.3, -0.25) is 4.79 Å². The number of hydrogen-bond donors (Lipinski definition) is 1. The highest BCUT2D eigenvalue weighted by Crippen LogP contribution is 2.48. The van der Waals surface area contributed by atoms with E-state index >= 15 is 0 Å². The molecule has 0 amide bonds. The molecule has 1 N–H and O–H groups in total. The van der Waals surface area contributed by atoms with Gasteiger partial charge >= 0.3 is 5.97 Å². The maximum absolute atomic E-state index is 11.7. The third-order valence-corrected chi connectivity index (χ3v) is 5.74. The largest absolute Gasteiger partial charge is 0.481 e. The Bertz CT molecular complexity index is 373. The molecule has 2 bridgehead atoms. The molecule has 5 heteroatoms. The highest BCUT2D eigenvalue weighted by atomic mass is 32.2. The van der Waals surface area contributed by atoms with Gasteiger partial charge in [0, 0.05) is 0 Å². The zero-order valence-electron chi connectivity index (χ0n) is 9.26. The normalized spacial score (nSPS) is 33.1. The zero-order chi connectivity index (χ0) is 11.8. The van der Waals surface area contributed by atoms with Gasteiger partial charge in [0.05, 0.1) is 17.9 Å². The molecule has 3 unspecified atom stereocenters. The van der Waals surface area contributed by atoms with Crippen LogP contribution in [0.15, 0.2) is 0 Å². The molecule has 4 nitrogen and oxygen atoms in total. The summed E-state index contributed by atoms with van der Waals surface area (Å²) in [5.41, 5.74) is 0. The van der Waals surface area contributed by atoms with Crippen LogP contribution in [0.4, 0.5) is 0 Å². The van der Waals surface area contributed by atoms with Crippen molar-refractivity contribution in [1.82, 2.24) is 0 Å². The van der Waals surface area contributed by atoms with E-state index in [1.165, 1.54) is 19.3 Å². The Labute approximate surface area is 96.0 Å². The van der Waals surface area contributed by atoms with Gasteiger partial charge in [-0.15, -0.1) is 0 Å². The quantitative estimate of drug-likeness (QED) is 0.794. The van der Waals surface area contributed by atoms with Crippen LogP contribution in [-0.2, 0) is 14.6 Å². The molecule has 0 aromatic rings. The molecule has 2 aliphatic rings. The lowest BCUT2D eigenvalue weighted by Gasteiger charge is -2.21. The van der Waals surface area contributed by atoms with Gasteiger partial charge in [0.1, 0.15) is 0 Å². The Morgan fingerprint density at radius 2 is 2.00 bits per heavy atom. The van der Waals surface area contributed by atoms with E-state index in [0.29, 0.717) is 11.8 Å². The lowest BCUT2D eigenvalue weighted by molar-refractivity contribution is -0.136. The average molecular weight is 246 g/mol. The number of hydrogen-bond acceptors (Lipinski definition) is 3. The minimum atomic E-state index is -3.16. The Morgan fingerprint density at radius 1 is 1.25 bits per heavy atom. The second-order valence-corrected chi connectivity index (χ2v) is 7.42. The van der Waals surface area contributed by atoms with Gasteiger partial charge in [0.25, 0.3) is 0 Å². The van der Waals surface area contributed by atoms with E-state index in [-0.39, 0.29) is 17.9 Å². The fourth-order valence-corrected chi connectivity index (χ4v) is 4.95. The average Bonchev–Trinajstić information content (AvgIpc) is 2.75. The standard InChI is InChI=1S/C11H18O4S/c12-11(13)3-4-16(14,15)7-10-6-8-1-2-9(10)5-8/h8-10H,1-7H2,(H,12,13). The van der Waals surface area contributed by atoms with Gasteiger partial charge in [-0.2, -0.15) is 0 Å². The molecule has 2 saturated carbocycles. The molecule has 3 atom stereocenters. The van der Waals surface area contributed by atoms with Crippen LogP contribution < -0.4 is 0 Å². The first-order valence-corrected chi connectivity index (χ1v) is 7.70. The van der Waals surface area contributed by atoms with E-state index in [9.17, 15) is 13.2 Å². The van der Waals surface area contributed by atoms with Crippen molar-refractivity contribution in [3.8, 4) is 0 Å². The smallest absolute Gasteiger partial charge is 0.304 e. The van der Waals surface area contributed by atoms with Crippen molar-refractivity contribution >= 4 is 15.8 Å². The zero-order valence-corrected chi connectivity index (χ0v) is 10.1. The number of carboxylic acid groups (broad SMARTS) is 1. The summed E-state index contributed by atoms with van der Waals surface area (Å²) >= 11 is 0.